The van der Waals surface area contributed by atoms with E-state index in [-0.39, 0.29) is 13.0 Å². The van der Waals surface area contributed by atoms with Crippen LogP contribution < -0.4 is 0 Å². The van der Waals surface area contributed by atoms with Crippen LogP contribution in [0.5, 0.6) is 0 Å². The first kappa shape index (κ1) is 31.8. The molecule has 0 bridgehead atoms. The SMILES string of the molecule is CC(C)=CCC[C@@](O)(CC(=O)OCCC(Cc1ccccc1)(c1ccccc1)c1ccccc1)C(=O)OC(C)(C)C. The number of carbonyl (C=O) groups excluding carboxylic acids is 2. The lowest BCUT2D eigenvalue weighted by Crippen LogP contribution is -2.45. The first-order valence-corrected chi connectivity index (χ1v) is 14.3. The second-order valence-electron chi connectivity index (χ2n) is 12.0. The molecule has 3 rings (SSSR count). The second-order valence-corrected chi connectivity index (χ2v) is 12.0. The van der Waals surface area contributed by atoms with Gasteiger partial charge in [-0.2, -0.15) is 0 Å². The van der Waals surface area contributed by atoms with Crippen LogP contribution in [0.3, 0.4) is 0 Å². The predicted molar refractivity (Wildman–Crippen MR) is 163 cm³/mol. The highest BCUT2D eigenvalue weighted by Crippen LogP contribution is 2.39. The molecule has 1 atom stereocenters. The van der Waals surface area contributed by atoms with Gasteiger partial charge in [-0.05, 0) is 77.0 Å². The number of esters is 2. The number of benzene rings is 3. The molecule has 0 saturated heterocycles. The van der Waals surface area contributed by atoms with Crippen molar-refractivity contribution < 1.29 is 24.2 Å². The minimum absolute atomic E-state index is 0.0637. The van der Waals surface area contributed by atoms with Gasteiger partial charge in [0.25, 0.3) is 0 Å². The zero-order valence-corrected chi connectivity index (χ0v) is 25.1. The highest BCUT2D eigenvalue weighted by Gasteiger charge is 2.42. The van der Waals surface area contributed by atoms with Crippen LogP contribution in [0.25, 0.3) is 0 Å². The van der Waals surface area contributed by atoms with E-state index in [1.165, 1.54) is 5.56 Å². The topological polar surface area (TPSA) is 72.8 Å². The Kier molecular flexibility index (Phi) is 11.1. The van der Waals surface area contributed by atoms with Crippen molar-refractivity contribution in [3.05, 3.63) is 119 Å². The Morgan fingerprint density at radius 2 is 1.29 bits per heavy atom. The lowest BCUT2D eigenvalue weighted by Gasteiger charge is -2.36. The van der Waals surface area contributed by atoms with Crippen molar-refractivity contribution in [2.75, 3.05) is 6.61 Å². The molecular weight excluding hydrogens is 512 g/mol. The van der Waals surface area contributed by atoms with Gasteiger partial charge < -0.3 is 14.6 Å². The van der Waals surface area contributed by atoms with Gasteiger partial charge in [0.05, 0.1) is 13.0 Å². The van der Waals surface area contributed by atoms with Gasteiger partial charge >= 0.3 is 11.9 Å². The minimum Gasteiger partial charge on any atom is -0.466 e. The summed E-state index contributed by atoms with van der Waals surface area (Å²) in [5.41, 5.74) is 1.25. The average Bonchev–Trinajstić information content (AvgIpc) is 2.93. The molecule has 0 saturated carbocycles. The molecule has 0 aromatic heterocycles. The van der Waals surface area contributed by atoms with E-state index in [4.69, 9.17) is 9.47 Å². The van der Waals surface area contributed by atoms with E-state index in [0.717, 1.165) is 16.7 Å². The van der Waals surface area contributed by atoms with Crippen molar-refractivity contribution >= 4 is 11.9 Å². The van der Waals surface area contributed by atoms with Crippen molar-refractivity contribution in [1.29, 1.82) is 0 Å². The highest BCUT2D eigenvalue weighted by atomic mass is 16.6. The van der Waals surface area contributed by atoms with Gasteiger partial charge in [-0.25, -0.2) is 4.79 Å². The van der Waals surface area contributed by atoms with E-state index in [1.807, 2.05) is 74.5 Å². The molecule has 0 heterocycles. The fourth-order valence-corrected chi connectivity index (χ4v) is 5.07. The molecule has 0 aliphatic carbocycles. The van der Waals surface area contributed by atoms with Gasteiger partial charge in [0, 0.05) is 5.41 Å². The molecule has 0 aliphatic rings. The van der Waals surface area contributed by atoms with Gasteiger partial charge in [-0.3, -0.25) is 4.79 Å². The average molecular weight is 557 g/mol. The number of aliphatic hydroxyl groups is 1. The Morgan fingerprint density at radius 3 is 1.78 bits per heavy atom. The molecular formula is C36H44O5. The van der Waals surface area contributed by atoms with Gasteiger partial charge in [0.15, 0.2) is 5.60 Å². The summed E-state index contributed by atoms with van der Waals surface area (Å²) in [5, 5.41) is 11.3. The molecule has 0 amide bonds. The molecule has 218 valence electrons. The van der Waals surface area contributed by atoms with Crippen LogP contribution in [0, 0.1) is 0 Å². The molecule has 3 aromatic rings. The summed E-state index contributed by atoms with van der Waals surface area (Å²) >= 11 is 0. The van der Waals surface area contributed by atoms with Crippen LogP contribution in [-0.2, 0) is 30.9 Å². The molecule has 3 aromatic carbocycles. The Hall–Kier alpha value is -3.70. The standard InChI is InChI=1S/C36H44O5/c1-28(2)16-15-23-36(39,33(38)41-34(3,4)5)27-32(37)40-25-24-35(30-19-11-7-12-20-30,31-21-13-8-14-22-31)26-29-17-9-6-10-18-29/h6-14,16-22,39H,15,23-27H2,1-5H3/t36-/m1/s1. The molecule has 0 unspecified atom stereocenters. The lowest BCUT2D eigenvalue weighted by atomic mass is 9.68. The Balaban J connectivity index is 1.85. The molecule has 41 heavy (non-hydrogen) atoms. The van der Waals surface area contributed by atoms with E-state index in [2.05, 4.69) is 36.4 Å². The maximum atomic E-state index is 13.1. The Bertz CT molecular complexity index is 1230. The number of hydrogen-bond acceptors (Lipinski definition) is 5. The third kappa shape index (κ3) is 9.43. The normalized spacial score (nSPS) is 13.1. The van der Waals surface area contributed by atoms with E-state index >= 15 is 0 Å². The van der Waals surface area contributed by atoms with Crippen molar-refractivity contribution in [2.24, 2.45) is 0 Å². The number of hydrogen-bond donors (Lipinski definition) is 1. The summed E-state index contributed by atoms with van der Waals surface area (Å²) in [6.07, 6.45) is 3.19. The zero-order chi connectivity index (χ0) is 29.9. The van der Waals surface area contributed by atoms with Gasteiger partial charge in [0.2, 0.25) is 0 Å². The molecule has 5 nitrogen and oxygen atoms in total. The third-order valence-electron chi connectivity index (χ3n) is 7.12. The van der Waals surface area contributed by atoms with Crippen LogP contribution in [-0.4, -0.2) is 34.9 Å². The van der Waals surface area contributed by atoms with Gasteiger partial charge in [-0.15, -0.1) is 0 Å². The van der Waals surface area contributed by atoms with Crippen molar-refractivity contribution in [1.82, 2.24) is 0 Å². The third-order valence-corrected chi connectivity index (χ3v) is 7.12. The second kappa shape index (κ2) is 14.3. The lowest BCUT2D eigenvalue weighted by molar-refractivity contribution is -0.183. The molecule has 0 fully saturated rings. The summed E-state index contributed by atoms with van der Waals surface area (Å²) in [7, 11) is 0. The zero-order valence-electron chi connectivity index (χ0n) is 25.1. The summed E-state index contributed by atoms with van der Waals surface area (Å²) in [4.78, 5) is 26.1. The molecule has 0 aliphatic heterocycles. The van der Waals surface area contributed by atoms with E-state index in [1.54, 1.807) is 20.8 Å². The quantitative estimate of drug-likeness (QED) is 0.176. The molecule has 5 heteroatoms. The maximum absolute atomic E-state index is 13.1. The summed E-state index contributed by atoms with van der Waals surface area (Å²) in [5.74, 6) is -1.44. The van der Waals surface area contributed by atoms with Gasteiger partial charge in [-0.1, -0.05) is 103 Å². The first-order chi connectivity index (χ1) is 19.4. The van der Waals surface area contributed by atoms with E-state index in [9.17, 15) is 14.7 Å². The smallest absolute Gasteiger partial charge is 0.339 e. The highest BCUT2D eigenvalue weighted by molar-refractivity contribution is 5.86. The van der Waals surface area contributed by atoms with E-state index < -0.39 is 35.0 Å². The van der Waals surface area contributed by atoms with Crippen molar-refractivity contribution in [3.63, 3.8) is 0 Å². The number of rotatable bonds is 13. The van der Waals surface area contributed by atoms with Gasteiger partial charge in [0.1, 0.15) is 5.60 Å². The van der Waals surface area contributed by atoms with Crippen LogP contribution in [0.15, 0.2) is 103 Å². The summed E-state index contributed by atoms with van der Waals surface area (Å²) in [6, 6.07) is 30.8. The Labute approximate surface area is 245 Å². The van der Waals surface area contributed by atoms with Crippen LogP contribution in [0.2, 0.25) is 0 Å². The fourth-order valence-electron chi connectivity index (χ4n) is 5.07. The van der Waals surface area contributed by atoms with Crippen molar-refractivity contribution in [3.8, 4) is 0 Å². The molecule has 0 radical (unpaired) electrons. The number of carbonyl (C=O) groups is 2. The molecule has 0 spiro atoms. The monoisotopic (exact) mass is 556 g/mol. The fraction of sp³-hybridized carbons (Fsp3) is 0.389. The van der Waals surface area contributed by atoms with E-state index in [0.29, 0.717) is 19.3 Å². The largest absolute Gasteiger partial charge is 0.466 e. The summed E-state index contributed by atoms with van der Waals surface area (Å²) in [6.45, 7) is 9.22. The maximum Gasteiger partial charge on any atom is 0.339 e. The minimum atomic E-state index is -1.98. The van der Waals surface area contributed by atoms with Crippen molar-refractivity contribution in [2.45, 2.75) is 83.3 Å². The number of allylic oxidation sites excluding steroid dienone is 2. The van der Waals surface area contributed by atoms with Crippen LogP contribution >= 0.6 is 0 Å². The van der Waals surface area contributed by atoms with Crippen LogP contribution in [0.4, 0.5) is 0 Å². The molecule has 1 N–H and O–H groups in total. The summed E-state index contributed by atoms with van der Waals surface area (Å²) < 4.78 is 11.2. The number of ether oxygens (including phenoxy) is 2. The predicted octanol–water partition coefficient (Wildman–Crippen LogP) is 7.36. The Morgan fingerprint density at radius 1 is 0.780 bits per heavy atom. The van der Waals surface area contributed by atoms with Crippen LogP contribution in [0.1, 0.15) is 77.0 Å². The first-order valence-electron chi connectivity index (χ1n) is 14.3.